The maximum atomic E-state index is 5.57. The molecule has 2 aliphatic rings. The molecule has 0 aromatic heterocycles. The molecular formula is C8H15NO. The van der Waals surface area contributed by atoms with Gasteiger partial charge in [-0.1, -0.05) is 6.92 Å². The number of nitrogens with zero attached hydrogens (tertiary/aromatic N) is 1. The Labute approximate surface area is 62.2 Å². The van der Waals surface area contributed by atoms with Gasteiger partial charge >= 0.3 is 0 Å². The predicted molar refractivity (Wildman–Crippen MR) is 40.0 cm³/mol. The van der Waals surface area contributed by atoms with Gasteiger partial charge in [-0.25, -0.2) is 0 Å². The molecule has 0 radical (unpaired) electrons. The Kier molecular flexibility index (Phi) is 1.46. The molecule has 0 unspecified atom stereocenters. The molecule has 2 heteroatoms. The van der Waals surface area contributed by atoms with Gasteiger partial charge in [0.15, 0.2) is 0 Å². The van der Waals surface area contributed by atoms with Crippen molar-refractivity contribution in [3.05, 3.63) is 0 Å². The fourth-order valence-electron chi connectivity index (χ4n) is 1.91. The van der Waals surface area contributed by atoms with Gasteiger partial charge in [-0.05, 0) is 13.0 Å². The van der Waals surface area contributed by atoms with E-state index in [2.05, 4.69) is 11.8 Å². The van der Waals surface area contributed by atoms with Gasteiger partial charge in [-0.15, -0.1) is 0 Å². The van der Waals surface area contributed by atoms with Crippen LogP contribution in [0.2, 0.25) is 0 Å². The van der Waals surface area contributed by atoms with E-state index in [1.165, 1.54) is 32.5 Å². The molecule has 0 aromatic carbocycles. The second kappa shape index (κ2) is 2.21. The summed E-state index contributed by atoms with van der Waals surface area (Å²) in [5.41, 5.74) is 0.315. The van der Waals surface area contributed by atoms with E-state index in [-0.39, 0.29) is 0 Å². The summed E-state index contributed by atoms with van der Waals surface area (Å²) in [4.78, 5) is 2.47. The van der Waals surface area contributed by atoms with Crippen LogP contribution in [-0.4, -0.2) is 36.7 Å². The number of likely N-dealkylation sites (N-methyl/N-ethyl adjacent to an activating group) is 1. The molecule has 1 spiro atoms. The van der Waals surface area contributed by atoms with Crippen molar-refractivity contribution in [1.29, 1.82) is 0 Å². The summed E-state index contributed by atoms with van der Waals surface area (Å²) in [5.74, 6) is 0. The second-order valence-electron chi connectivity index (χ2n) is 3.40. The fraction of sp³-hybridized carbons (Fsp3) is 1.00. The van der Waals surface area contributed by atoms with E-state index in [1.807, 2.05) is 0 Å². The highest BCUT2D eigenvalue weighted by Gasteiger charge is 2.43. The van der Waals surface area contributed by atoms with Crippen LogP contribution in [0.1, 0.15) is 19.8 Å². The molecule has 0 bridgehead atoms. The maximum absolute atomic E-state index is 5.57. The molecule has 2 heterocycles. The van der Waals surface area contributed by atoms with Crippen molar-refractivity contribution in [1.82, 2.24) is 4.90 Å². The number of ether oxygens (including phenoxy) is 1. The Morgan fingerprint density at radius 2 is 2.30 bits per heavy atom. The molecule has 0 N–H and O–H groups in total. The fourth-order valence-corrected chi connectivity index (χ4v) is 1.91. The number of likely N-dealkylation sites (tertiary alicyclic amines) is 1. The lowest BCUT2D eigenvalue weighted by atomic mass is 9.94. The van der Waals surface area contributed by atoms with Crippen LogP contribution in [-0.2, 0) is 4.74 Å². The molecule has 2 saturated heterocycles. The highest BCUT2D eigenvalue weighted by atomic mass is 16.5. The van der Waals surface area contributed by atoms with Crippen molar-refractivity contribution in [2.24, 2.45) is 0 Å². The summed E-state index contributed by atoms with van der Waals surface area (Å²) in [6, 6.07) is 0. The quantitative estimate of drug-likeness (QED) is 0.537. The molecule has 0 aromatic rings. The Balaban J connectivity index is 1.92. The first kappa shape index (κ1) is 6.62. The van der Waals surface area contributed by atoms with Gasteiger partial charge in [-0.2, -0.15) is 0 Å². The van der Waals surface area contributed by atoms with Crippen molar-refractivity contribution in [3.63, 3.8) is 0 Å². The smallest absolute Gasteiger partial charge is 0.0842 e. The summed E-state index contributed by atoms with van der Waals surface area (Å²) in [6.45, 7) is 6.83. The van der Waals surface area contributed by atoms with Gasteiger partial charge in [0.25, 0.3) is 0 Å². The lowest BCUT2D eigenvalue weighted by molar-refractivity contribution is -0.136. The van der Waals surface area contributed by atoms with Crippen LogP contribution in [0.3, 0.4) is 0 Å². The van der Waals surface area contributed by atoms with Crippen molar-refractivity contribution in [2.75, 3.05) is 26.2 Å². The molecule has 0 aliphatic carbocycles. The molecule has 2 rings (SSSR count). The normalized spacial score (nSPS) is 40.5. The summed E-state index contributed by atoms with van der Waals surface area (Å²) in [7, 11) is 0. The average molecular weight is 141 g/mol. The molecule has 2 nitrogen and oxygen atoms in total. The first-order valence-corrected chi connectivity index (χ1v) is 4.21. The third kappa shape index (κ3) is 0.867. The van der Waals surface area contributed by atoms with Gasteiger partial charge in [0.2, 0.25) is 0 Å². The lowest BCUT2D eigenvalue weighted by Gasteiger charge is -2.38. The predicted octanol–water partition coefficient (Wildman–Crippen LogP) is 0.871. The Hall–Kier alpha value is -0.0800. The minimum Gasteiger partial charge on any atom is -0.373 e. The SMILES string of the molecule is CCN1CC[C@]2(CCO2)C1. The van der Waals surface area contributed by atoms with Gasteiger partial charge in [0.05, 0.1) is 12.2 Å². The van der Waals surface area contributed by atoms with Crippen molar-refractivity contribution in [3.8, 4) is 0 Å². The van der Waals surface area contributed by atoms with Crippen LogP contribution in [0.25, 0.3) is 0 Å². The summed E-state index contributed by atoms with van der Waals surface area (Å²) in [6.07, 6.45) is 2.56. The van der Waals surface area contributed by atoms with Crippen LogP contribution in [0, 0.1) is 0 Å². The first-order valence-electron chi connectivity index (χ1n) is 4.21. The van der Waals surface area contributed by atoms with E-state index in [0.29, 0.717) is 5.60 Å². The average Bonchev–Trinajstić information content (AvgIpc) is 2.29. The minimum atomic E-state index is 0.315. The van der Waals surface area contributed by atoms with E-state index in [1.54, 1.807) is 0 Å². The molecule has 58 valence electrons. The molecule has 0 amide bonds. The molecule has 0 saturated carbocycles. The summed E-state index contributed by atoms with van der Waals surface area (Å²) >= 11 is 0. The highest BCUT2D eigenvalue weighted by molar-refractivity contribution is 4.96. The number of rotatable bonds is 1. The van der Waals surface area contributed by atoms with Crippen molar-refractivity contribution < 1.29 is 4.74 Å². The van der Waals surface area contributed by atoms with Crippen molar-refractivity contribution in [2.45, 2.75) is 25.4 Å². The summed E-state index contributed by atoms with van der Waals surface area (Å²) < 4.78 is 5.57. The van der Waals surface area contributed by atoms with Crippen LogP contribution in [0.5, 0.6) is 0 Å². The zero-order chi connectivity index (χ0) is 7.03. The van der Waals surface area contributed by atoms with Gasteiger partial charge in [0.1, 0.15) is 0 Å². The van der Waals surface area contributed by atoms with E-state index in [4.69, 9.17) is 4.74 Å². The lowest BCUT2D eigenvalue weighted by Crippen LogP contribution is -2.45. The Morgan fingerprint density at radius 3 is 2.60 bits per heavy atom. The highest BCUT2D eigenvalue weighted by Crippen LogP contribution is 2.35. The third-order valence-corrected chi connectivity index (χ3v) is 2.81. The van der Waals surface area contributed by atoms with E-state index in [9.17, 15) is 0 Å². The van der Waals surface area contributed by atoms with Crippen LogP contribution >= 0.6 is 0 Å². The van der Waals surface area contributed by atoms with E-state index < -0.39 is 0 Å². The van der Waals surface area contributed by atoms with Crippen LogP contribution in [0.4, 0.5) is 0 Å². The zero-order valence-electron chi connectivity index (χ0n) is 6.60. The Bertz CT molecular complexity index is 131. The topological polar surface area (TPSA) is 12.5 Å². The van der Waals surface area contributed by atoms with Gasteiger partial charge < -0.3 is 9.64 Å². The van der Waals surface area contributed by atoms with Crippen LogP contribution < -0.4 is 0 Å². The monoisotopic (exact) mass is 141 g/mol. The van der Waals surface area contributed by atoms with Gasteiger partial charge in [0, 0.05) is 19.5 Å². The maximum Gasteiger partial charge on any atom is 0.0842 e. The van der Waals surface area contributed by atoms with E-state index in [0.717, 1.165) is 6.61 Å². The number of hydrogen-bond acceptors (Lipinski definition) is 2. The molecule has 10 heavy (non-hydrogen) atoms. The molecule has 2 fully saturated rings. The number of hydrogen-bond donors (Lipinski definition) is 0. The van der Waals surface area contributed by atoms with E-state index >= 15 is 0 Å². The first-order chi connectivity index (χ1) is 4.85. The third-order valence-electron chi connectivity index (χ3n) is 2.81. The Morgan fingerprint density at radius 1 is 1.50 bits per heavy atom. The zero-order valence-corrected chi connectivity index (χ0v) is 6.60. The largest absolute Gasteiger partial charge is 0.373 e. The second-order valence-corrected chi connectivity index (χ2v) is 3.40. The van der Waals surface area contributed by atoms with Crippen LogP contribution in [0.15, 0.2) is 0 Å². The standard InChI is InChI=1S/C8H15NO/c1-2-9-5-3-8(7-9)4-6-10-8/h2-7H2,1H3/t8-/m0/s1. The molecular weight excluding hydrogens is 126 g/mol. The summed E-state index contributed by atoms with van der Waals surface area (Å²) in [5, 5.41) is 0. The van der Waals surface area contributed by atoms with Gasteiger partial charge in [-0.3, -0.25) is 0 Å². The minimum absolute atomic E-state index is 0.315. The molecule has 1 atom stereocenters. The molecule has 2 aliphatic heterocycles. The van der Waals surface area contributed by atoms with Crippen molar-refractivity contribution >= 4 is 0 Å².